The van der Waals surface area contributed by atoms with Gasteiger partial charge in [0.1, 0.15) is 6.04 Å². The van der Waals surface area contributed by atoms with Crippen molar-refractivity contribution in [2.45, 2.75) is 49.7 Å². The van der Waals surface area contributed by atoms with Crippen molar-refractivity contribution in [3.63, 3.8) is 0 Å². The molecule has 0 radical (unpaired) electrons. The van der Waals surface area contributed by atoms with Crippen LogP contribution in [0.2, 0.25) is 0 Å². The fourth-order valence-electron chi connectivity index (χ4n) is 4.30. The number of nitrogens with zero attached hydrogens (tertiary/aromatic N) is 3. The predicted octanol–water partition coefficient (Wildman–Crippen LogP) is 1.52. The molecule has 10 heteroatoms. The van der Waals surface area contributed by atoms with Gasteiger partial charge in [-0.3, -0.25) is 23.8 Å². The average Bonchev–Trinajstić information content (AvgIpc) is 2.81. The molecule has 3 heterocycles. The number of benzene rings is 1. The first-order chi connectivity index (χ1) is 16.3. The van der Waals surface area contributed by atoms with E-state index in [1.807, 2.05) is 19.1 Å². The van der Waals surface area contributed by atoms with Crippen LogP contribution in [-0.4, -0.2) is 59.6 Å². The third-order valence-corrected chi connectivity index (χ3v) is 7.86. The average molecular weight is 484 g/mol. The van der Waals surface area contributed by atoms with E-state index in [0.29, 0.717) is 6.54 Å². The van der Waals surface area contributed by atoms with E-state index in [2.05, 4.69) is 20.5 Å². The summed E-state index contributed by atoms with van der Waals surface area (Å²) in [6.07, 6.45) is 7.61. The van der Waals surface area contributed by atoms with Gasteiger partial charge in [0.2, 0.25) is 11.8 Å². The van der Waals surface area contributed by atoms with Crippen molar-refractivity contribution in [2.24, 2.45) is 0 Å². The Labute approximate surface area is 199 Å². The van der Waals surface area contributed by atoms with Crippen molar-refractivity contribution in [3.8, 4) is 0 Å². The normalized spacial score (nSPS) is 21.2. The third-order valence-electron chi connectivity index (χ3n) is 6.06. The number of aromatic nitrogens is 1. The highest BCUT2D eigenvalue weighted by Crippen LogP contribution is 2.23. The number of hydrogen-bond donors (Lipinski definition) is 2. The molecule has 4 rings (SSSR count). The van der Waals surface area contributed by atoms with Gasteiger partial charge in [-0.25, -0.2) is 8.42 Å². The maximum Gasteiger partial charge on any atom is 0.264 e. The molecule has 0 saturated carbocycles. The van der Waals surface area contributed by atoms with Gasteiger partial charge in [-0.15, -0.1) is 0 Å². The number of piperidine rings is 1. The fourth-order valence-corrected chi connectivity index (χ4v) is 5.75. The summed E-state index contributed by atoms with van der Waals surface area (Å²) in [6.45, 7) is 4.26. The second-order valence-electron chi connectivity index (χ2n) is 8.69. The minimum atomic E-state index is -3.99. The van der Waals surface area contributed by atoms with Crippen LogP contribution in [-0.2, 0) is 26.2 Å². The number of rotatable bonds is 7. The zero-order valence-corrected chi connectivity index (χ0v) is 19.9. The van der Waals surface area contributed by atoms with Gasteiger partial charge in [0.15, 0.2) is 0 Å². The number of aryl methyl sites for hydroxylation is 1. The van der Waals surface area contributed by atoms with Crippen LogP contribution in [0.3, 0.4) is 0 Å². The molecule has 1 fully saturated rings. The minimum absolute atomic E-state index is 0.0626. The molecule has 0 bridgehead atoms. The van der Waals surface area contributed by atoms with Gasteiger partial charge in [-0.2, -0.15) is 0 Å². The molecule has 0 spiro atoms. The van der Waals surface area contributed by atoms with Gasteiger partial charge in [-0.05, 0) is 56.1 Å². The van der Waals surface area contributed by atoms with Crippen LogP contribution in [0.4, 0.5) is 0 Å². The molecule has 2 aromatic rings. The van der Waals surface area contributed by atoms with Gasteiger partial charge < -0.3 is 10.6 Å². The highest BCUT2D eigenvalue weighted by atomic mass is 32.2. The van der Waals surface area contributed by atoms with E-state index in [9.17, 15) is 18.0 Å². The molecule has 2 N–H and O–H groups in total. The molecule has 2 atom stereocenters. The molecule has 2 aliphatic rings. The quantitative estimate of drug-likeness (QED) is 0.618. The summed E-state index contributed by atoms with van der Waals surface area (Å²) in [7, 11) is -3.99. The summed E-state index contributed by atoms with van der Waals surface area (Å²) in [5.74, 6) is -0.883. The van der Waals surface area contributed by atoms with Gasteiger partial charge in [0.05, 0.1) is 11.3 Å². The number of carbonyl (C=O) groups is 2. The zero-order valence-electron chi connectivity index (χ0n) is 19.1. The van der Waals surface area contributed by atoms with Gasteiger partial charge in [0.25, 0.3) is 10.0 Å². The molecule has 2 aliphatic heterocycles. The highest BCUT2D eigenvalue weighted by Gasteiger charge is 2.37. The first-order valence-electron chi connectivity index (χ1n) is 11.3. The van der Waals surface area contributed by atoms with Crippen molar-refractivity contribution < 1.29 is 18.0 Å². The maximum atomic E-state index is 13.2. The predicted molar refractivity (Wildman–Crippen MR) is 127 cm³/mol. The SMILES string of the molecule is Cc1ccc(S(=O)(=O)N2C=CNC(=O)[C@H]2CC(=O)N[C@@H]2CCCN(Cc3ccncc3)C2)cc1. The Morgan fingerprint density at radius 2 is 1.91 bits per heavy atom. The number of carbonyl (C=O) groups excluding carboxylic acids is 2. The molecule has 0 aliphatic carbocycles. The lowest BCUT2D eigenvalue weighted by molar-refractivity contribution is -0.130. The summed E-state index contributed by atoms with van der Waals surface area (Å²) < 4.78 is 27.4. The van der Waals surface area contributed by atoms with E-state index in [4.69, 9.17) is 0 Å². The Hall–Kier alpha value is -3.24. The number of nitrogens with one attached hydrogen (secondary N) is 2. The number of likely N-dealkylation sites (tertiary alicyclic amines) is 1. The lowest BCUT2D eigenvalue weighted by Gasteiger charge is -2.34. The van der Waals surface area contributed by atoms with Crippen molar-refractivity contribution in [3.05, 3.63) is 72.3 Å². The van der Waals surface area contributed by atoms with Crippen molar-refractivity contribution in [1.29, 1.82) is 0 Å². The molecule has 1 saturated heterocycles. The molecular weight excluding hydrogens is 454 g/mol. The van der Waals surface area contributed by atoms with E-state index in [0.717, 1.165) is 41.4 Å². The van der Waals surface area contributed by atoms with Crippen LogP contribution in [0.15, 0.2) is 66.1 Å². The fraction of sp³-hybridized carbons (Fsp3) is 0.375. The molecule has 1 aromatic carbocycles. The van der Waals surface area contributed by atoms with E-state index in [1.54, 1.807) is 24.5 Å². The smallest absolute Gasteiger partial charge is 0.264 e. The third kappa shape index (κ3) is 5.63. The van der Waals surface area contributed by atoms with E-state index in [-0.39, 0.29) is 23.3 Å². The summed E-state index contributed by atoms with van der Waals surface area (Å²) >= 11 is 0. The van der Waals surface area contributed by atoms with Crippen molar-refractivity contribution >= 4 is 21.8 Å². The van der Waals surface area contributed by atoms with Crippen LogP contribution in [0.25, 0.3) is 0 Å². The van der Waals surface area contributed by atoms with Crippen LogP contribution < -0.4 is 10.6 Å². The molecule has 0 unspecified atom stereocenters. The lowest BCUT2D eigenvalue weighted by atomic mass is 10.0. The van der Waals surface area contributed by atoms with E-state index in [1.165, 1.54) is 24.5 Å². The molecule has 1 aromatic heterocycles. The Morgan fingerprint density at radius 3 is 2.65 bits per heavy atom. The highest BCUT2D eigenvalue weighted by molar-refractivity contribution is 7.89. The van der Waals surface area contributed by atoms with E-state index >= 15 is 0 Å². The summed E-state index contributed by atoms with van der Waals surface area (Å²) in [5, 5.41) is 5.52. The van der Waals surface area contributed by atoms with Gasteiger partial charge in [0, 0.05) is 43.9 Å². The molecule has 2 amide bonds. The Morgan fingerprint density at radius 1 is 1.18 bits per heavy atom. The van der Waals surface area contributed by atoms with Gasteiger partial charge in [-0.1, -0.05) is 17.7 Å². The van der Waals surface area contributed by atoms with Crippen molar-refractivity contribution in [1.82, 2.24) is 24.8 Å². The van der Waals surface area contributed by atoms with Crippen LogP contribution in [0.5, 0.6) is 0 Å². The Balaban J connectivity index is 1.41. The topological polar surface area (TPSA) is 112 Å². The molecule has 9 nitrogen and oxygen atoms in total. The van der Waals surface area contributed by atoms with Crippen molar-refractivity contribution in [2.75, 3.05) is 13.1 Å². The lowest BCUT2D eigenvalue weighted by Crippen LogP contribution is -2.53. The zero-order chi connectivity index (χ0) is 24.1. The molecule has 34 heavy (non-hydrogen) atoms. The summed E-state index contributed by atoms with van der Waals surface area (Å²) in [4.78, 5) is 31.8. The van der Waals surface area contributed by atoms with E-state index < -0.39 is 22.0 Å². The summed E-state index contributed by atoms with van der Waals surface area (Å²) in [6, 6.07) is 9.12. The number of pyridine rings is 1. The Bertz CT molecular complexity index is 1150. The number of hydrogen-bond acceptors (Lipinski definition) is 6. The number of sulfonamides is 1. The Kier molecular flexibility index (Phi) is 7.28. The standard InChI is InChI=1S/C24H29N5O4S/c1-18-4-6-21(7-5-18)34(32,33)29-14-12-26-24(31)22(29)15-23(30)27-20-3-2-13-28(17-20)16-19-8-10-25-11-9-19/h4-12,14,20,22H,2-3,13,15-17H2,1H3,(H,26,31)(H,27,30)/t20-,22-/m1/s1. The largest absolute Gasteiger partial charge is 0.352 e. The minimum Gasteiger partial charge on any atom is -0.352 e. The molecular formula is C24H29N5O4S. The van der Waals surface area contributed by atoms with Gasteiger partial charge >= 0.3 is 0 Å². The van der Waals surface area contributed by atoms with Crippen LogP contribution in [0.1, 0.15) is 30.4 Å². The van der Waals surface area contributed by atoms with Crippen LogP contribution in [0, 0.1) is 6.92 Å². The first-order valence-corrected chi connectivity index (χ1v) is 12.7. The number of amides is 2. The summed E-state index contributed by atoms with van der Waals surface area (Å²) in [5.41, 5.74) is 2.08. The monoisotopic (exact) mass is 483 g/mol. The second kappa shape index (κ2) is 10.4. The second-order valence-corrected chi connectivity index (χ2v) is 10.5. The molecule has 180 valence electrons. The van der Waals surface area contributed by atoms with Crippen LogP contribution >= 0.6 is 0 Å². The first kappa shape index (κ1) is 23.9. The maximum absolute atomic E-state index is 13.2.